The van der Waals surface area contributed by atoms with Crippen molar-refractivity contribution in [1.82, 2.24) is 0 Å². The number of rotatable bonds is 5. The second-order valence-electron chi connectivity index (χ2n) is 3.80. The predicted molar refractivity (Wildman–Crippen MR) is 64.7 cm³/mol. The van der Waals surface area contributed by atoms with Gasteiger partial charge in [-0.15, -0.1) is 13.2 Å². The smallest absolute Gasteiger partial charge is 0.493 e. The molecule has 21 heavy (non-hydrogen) atoms. The highest BCUT2D eigenvalue weighted by molar-refractivity contribution is 5.74. The molecular formula is C13H12F3NO4. The Hall–Kier alpha value is -2.43. The molecular weight excluding hydrogens is 291 g/mol. The lowest BCUT2D eigenvalue weighted by Crippen LogP contribution is -2.18. The van der Waals surface area contributed by atoms with Gasteiger partial charge in [-0.2, -0.15) is 5.26 Å². The Balaban J connectivity index is 3.20. The number of carbonyl (C=O) groups is 1. The highest BCUT2D eigenvalue weighted by Crippen LogP contribution is 2.34. The SMILES string of the molecule is CCOC(=O)Cc1cc(OC(F)(F)F)c(OC)cc1C#N. The first kappa shape index (κ1) is 16.6. The van der Waals surface area contributed by atoms with E-state index in [4.69, 9.17) is 14.7 Å². The summed E-state index contributed by atoms with van der Waals surface area (Å²) in [6, 6.07) is 3.81. The fourth-order valence-electron chi connectivity index (χ4n) is 1.58. The molecule has 0 aliphatic carbocycles. The number of methoxy groups -OCH3 is 1. The number of halogens is 3. The number of alkyl halides is 3. The number of carbonyl (C=O) groups excluding carboxylic acids is 1. The van der Waals surface area contributed by atoms with Crippen molar-refractivity contribution in [2.75, 3.05) is 13.7 Å². The van der Waals surface area contributed by atoms with E-state index in [1.807, 2.05) is 0 Å². The second-order valence-corrected chi connectivity index (χ2v) is 3.80. The quantitative estimate of drug-likeness (QED) is 0.782. The number of benzene rings is 1. The van der Waals surface area contributed by atoms with Crippen LogP contribution in [0.5, 0.6) is 11.5 Å². The molecule has 0 atom stereocenters. The largest absolute Gasteiger partial charge is 0.573 e. The van der Waals surface area contributed by atoms with Crippen LogP contribution in [0.15, 0.2) is 12.1 Å². The minimum Gasteiger partial charge on any atom is -0.493 e. The lowest BCUT2D eigenvalue weighted by Gasteiger charge is -2.14. The number of hydrogen-bond donors (Lipinski definition) is 0. The minimum atomic E-state index is -4.91. The molecule has 114 valence electrons. The molecule has 0 saturated carbocycles. The Morgan fingerprint density at radius 2 is 2.00 bits per heavy atom. The molecule has 8 heteroatoms. The van der Waals surface area contributed by atoms with Crippen molar-refractivity contribution in [2.24, 2.45) is 0 Å². The van der Waals surface area contributed by atoms with E-state index < -0.39 is 18.1 Å². The molecule has 1 rings (SSSR count). The minimum absolute atomic E-state index is 0.00873. The predicted octanol–water partition coefficient (Wildman–Crippen LogP) is 2.57. The van der Waals surface area contributed by atoms with Crippen LogP contribution < -0.4 is 9.47 Å². The summed E-state index contributed by atoms with van der Waals surface area (Å²) in [5.41, 5.74) is 0.0745. The molecule has 0 N–H and O–H groups in total. The molecule has 0 aliphatic rings. The van der Waals surface area contributed by atoms with Crippen molar-refractivity contribution < 1.29 is 32.2 Å². The molecule has 0 fully saturated rings. The first-order valence-electron chi connectivity index (χ1n) is 5.83. The van der Waals surface area contributed by atoms with E-state index in [1.54, 1.807) is 13.0 Å². The molecule has 0 amide bonds. The molecule has 0 heterocycles. The summed E-state index contributed by atoms with van der Waals surface area (Å²) in [6.07, 6.45) is -5.25. The van der Waals surface area contributed by atoms with E-state index in [2.05, 4.69) is 4.74 Å². The Labute approximate surface area is 118 Å². The first-order valence-corrected chi connectivity index (χ1v) is 5.83. The summed E-state index contributed by atoms with van der Waals surface area (Å²) >= 11 is 0. The van der Waals surface area contributed by atoms with Gasteiger partial charge in [-0.3, -0.25) is 4.79 Å². The van der Waals surface area contributed by atoms with Gasteiger partial charge < -0.3 is 14.2 Å². The summed E-state index contributed by atoms with van der Waals surface area (Å²) in [7, 11) is 1.14. The van der Waals surface area contributed by atoms with Crippen molar-refractivity contribution in [3.05, 3.63) is 23.3 Å². The molecule has 0 aliphatic heterocycles. The molecule has 0 saturated heterocycles. The Morgan fingerprint density at radius 1 is 1.33 bits per heavy atom. The van der Waals surface area contributed by atoms with Gasteiger partial charge >= 0.3 is 12.3 Å². The zero-order chi connectivity index (χ0) is 16.0. The number of nitrogens with zero attached hydrogens (tertiary/aromatic N) is 1. The fraction of sp³-hybridized carbons (Fsp3) is 0.385. The van der Waals surface area contributed by atoms with Gasteiger partial charge in [-0.25, -0.2) is 0 Å². The van der Waals surface area contributed by atoms with Crippen LogP contribution in [0.4, 0.5) is 13.2 Å². The molecule has 0 radical (unpaired) electrons. The highest BCUT2D eigenvalue weighted by Gasteiger charge is 2.33. The van der Waals surface area contributed by atoms with Crippen LogP contribution in [0, 0.1) is 11.3 Å². The average Bonchev–Trinajstić information content (AvgIpc) is 2.37. The molecule has 0 unspecified atom stereocenters. The maximum atomic E-state index is 12.3. The van der Waals surface area contributed by atoms with Crippen LogP contribution in [0.3, 0.4) is 0 Å². The van der Waals surface area contributed by atoms with E-state index in [9.17, 15) is 18.0 Å². The monoisotopic (exact) mass is 303 g/mol. The molecule has 0 bridgehead atoms. The maximum absolute atomic E-state index is 12.3. The normalized spacial score (nSPS) is 10.7. The summed E-state index contributed by atoms with van der Waals surface area (Å²) in [5, 5.41) is 8.98. The van der Waals surface area contributed by atoms with Crippen LogP contribution in [-0.4, -0.2) is 26.0 Å². The third-order valence-electron chi connectivity index (χ3n) is 2.38. The lowest BCUT2D eigenvalue weighted by atomic mass is 10.0. The van der Waals surface area contributed by atoms with Crippen molar-refractivity contribution in [1.29, 1.82) is 5.26 Å². The van der Waals surface area contributed by atoms with Crippen molar-refractivity contribution in [3.63, 3.8) is 0 Å². The molecule has 0 spiro atoms. The van der Waals surface area contributed by atoms with Gasteiger partial charge in [-0.1, -0.05) is 0 Å². The van der Waals surface area contributed by atoms with Crippen LogP contribution in [-0.2, 0) is 16.0 Å². The van der Waals surface area contributed by atoms with Crippen LogP contribution >= 0.6 is 0 Å². The molecule has 1 aromatic carbocycles. The lowest BCUT2D eigenvalue weighted by molar-refractivity contribution is -0.275. The van der Waals surface area contributed by atoms with Gasteiger partial charge in [0.15, 0.2) is 11.5 Å². The van der Waals surface area contributed by atoms with Crippen LogP contribution in [0.2, 0.25) is 0 Å². The van der Waals surface area contributed by atoms with Crippen LogP contribution in [0.25, 0.3) is 0 Å². The number of ether oxygens (including phenoxy) is 3. The third kappa shape index (κ3) is 4.87. The topological polar surface area (TPSA) is 68.6 Å². The van der Waals surface area contributed by atoms with Crippen molar-refractivity contribution in [2.45, 2.75) is 19.7 Å². The second kappa shape index (κ2) is 6.83. The average molecular weight is 303 g/mol. The number of nitriles is 1. The zero-order valence-electron chi connectivity index (χ0n) is 11.3. The first-order chi connectivity index (χ1) is 9.80. The van der Waals surface area contributed by atoms with Crippen molar-refractivity contribution >= 4 is 5.97 Å². The maximum Gasteiger partial charge on any atom is 0.573 e. The van der Waals surface area contributed by atoms with Gasteiger partial charge in [0.2, 0.25) is 0 Å². The van der Waals surface area contributed by atoms with Crippen LogP contribution in [0.1, 0.15) is 18.1 Å². The summed E-state index contributed by atoms with van der Waals surface area (Å²) in [6.45, 7) is 1.72. The Morgan fingerprint density at radius 3 is 2.48 bits per heavy atom. The molecule has 5 nitrogen and oxygen atoms in total. The number of esters is 1. The van der Waals surface area contributed by atoms with Gasteiger partial charge in [-0.05, 0) is 18.6 Å². The third-order valence-corrected chi connectivity index (χ3v) is 2.38. The summed E-state index contributed by atoms with van der Waals surface area (Å²) in [4.78, 5) is 11.4. The summed E-state index contributed by atoms with van der Waals surface area (Å²) in [5.74, 6) is -1.53. The van der Waals surface area contributed by atoms with Gasteiger partial charge in [0.1, 0.15) is 0 Å². The van der Waals surface area contributed by atoms with E-state index >= 15 is 0 Å². The van der Waals surface area contributed by atoms with E-state index in [-0.39, 0.29) is 29.9 Å². The van der Waals surface area contributed by atoms with Crippen molar-refractivity contribution in [3.8, 4) is 17.6 Å². The Kier molecular flexibility index (Phi) is 5.41. The summed E-state index contributed by atoms with van der Waals surface area (Å²) < 4.78 is 50.2. The standard InChI is InChI=1S/C13H12F3NO4/c1-3-20-12(18)6-8-4-11(21-13(14,15)16)10(19-2)5-9(8)7-17/h4-5H,3,6H2,1-2H3. The number of hydrogen-bond acceptors (Lipinski definition) is 5. The van der Waals surface area contributed by atoms with E-state index in [0.717, 1.165) is 19.2 Å². The zero-order valence-corrected chi connectivity index (χ0v) is 11.3. The van der Waals surface area contributed by atoms with E-state index in [1.165, 1.54) is 0 Å². The van der Waals surface area contributed by atoms with Gasteiger partial charge in [0, 0.05) is 6.07 Å². The highest BCUT2D eigenvalue weighted by atomic mass is 19.4. The molecule has 0 aromatic heterocycles. The fourth-order valence-corrected chi connectivity index (χ4v) is 1.58. The van der Waals surface area contributed by atoms with Gasteiger partial charge in [0.25, 0.3) is 0 Å². The molecule has 1 aromatic rings. The Bertz CT molecular complexity index is 564. The van der Waals surface area contributed by atoms with Gasteiger partial charge in [0.05, 0.1) is 31.8 Å². The van der Waals surface area contributed by atoms with E-state index in [0.29, 0.717) is 0 Å².